The van der Waals surface area contributed by atoms with E-state index >= 15 is 0 Å². The summed E-state index contributed by atoms with van der Waals surface area (Å²) < 4.78 is 27.0. The van der Waals surface area contributed by atoms with Gasteiger partial charge in [-0.3, -0.25) is 4.99 Å². The summed E-state index contributed by atoms with van der Waals surface area (Å²) in [4.78, 5) is 8.77. The van der Waals surface area contributed by atoms with Gasteiger partial charge in [0.05, 0.1) is 5.75 Å². The van der Waals surface area contributed by atoms with Crippen molar-refractivity contribution in [3.63, 3.8) is 0 Å². The zero-order valence-electron chi connectivity index (χ0n) is 16.8. The smallest absolute Gasteiger partial charge is 0.213 e. The van der Waals surface area contributed by atoms with Crippen molar-refractivity contribution in [2.75, 3.05) is 57.0 Å². The number of piperazine rings is 1. The molecule has 164 valence electrons. The van der Waals surface area contributed by atoms with Crippen LogP contribution in [-0.4, -0.2) is 71.3 Å². The molecule has 2 N–H and O–H groups in total. The fourth-order valence-electron chi connectivity index (χ4n) is 3.49. The maximum atomic E-state index is 12.1. The SMILES string of the molecule is CN=C(NCCS(=O)(=O)NCC1CCC1)N1CCN(c2cccc(Cl)c2)CC1.I. The van der Waals surface area contributed by atoms with Gasteiger partial charge in [0, 0.05) is 57.0 Å². The average molecular weight is 556 g/mol. The maximum absolute atomic E-state index is 12.1. The third kappa shape index (κ3) is 7.45. The van der Waals surface area contributed by atoms with Crippen molar-refractivity contribution in [3.05, 3.63) is 29.3 Å². The van der Waals surface area contributed by atoms with Crippen LogP contribution in [0, 0.1) is 5.92 Å². The van der Waals surface area contributed by atoms with E-state index in [1.54, 1.807) is 7.05 Å². The molecule has 29 heavy (non-hydrogen) atoms. The Hall–Kier alpha value is -0.780. The van der Waals surface area contributed by atoms with Crippen LogP contribution in [0.1, 0.15) is 19.3 Å². The molecule has 10 heteroatoms. The van der Waals surface area contributed by atoms with E-state index in [0.717, 1.165) is 55.7 Å². The number of benzene rings is 1. The number of rotatable bonds is 7. The highest BCUT2D eigenvalue weighted by molar-refractivity contribution is 14.0. The highest BCUT2D eigenvalue weighted by Crippen LogP contribution is 2.25. The standard InChI is InChI=1S/C19H30ClN5O2S.HI/c1-21-19(22-8-13-28(26,27)23-15-16-4-2-5-16)25-11-9-24(10-12-25)18-7-3-6-17(20)14-18;/h3,6-7,14,16,23H,2,4-5,8-13,15H2,1H3,(H,21,22);1H. The number of hydrogen-bond donors (Lipinski definition) is 2. The number of sulfonamides is 1. The molecule has 1 heterocycles. The first-order valence-electron chi connectivity index (χ1n) is 9.90. The molecule has 2 fully saturated rings. The Morgan fingerprint density at radius 2 is 1.97 bits per heavy atom. The molecule has 0 spiro atoms. The van der Waals surface area contributed by atoms with Gasteiger partial charge in [0.15, 0.2) is 5.96 Å². The van der Waals surface area contributed by atoms with Crippen LogP contribution in [0.25, 0.3) is 0 Å². The normalized spacial score (nSPS) is 18.2. The van der Waals surface area contributed by atoms with E-state index in [2.05, 4.69) is 30.9 Å². The van der Waals surface area contributed by atoms with E-state index in [4.69, 9.17) is 11.6 Å². The van der Waals surface area contributed by atoms with Gasteiger partial charge in [-0.25, -0.2) is 13.1 Å². The van der Waals surface area contributed by atoms with Gasteiger partial charge >= 0.3 is 0 Å². The molecule has 7 nitrogen and oxygen atoms in total. The quantitative estimate of drug-likeness (QED) is 0.307. The van der Waals surface area contributed by atoms with Crippen LogP contribution in [0.3, 0.4) is 0 Å². The van der Waals surface area contributed by atoms with Crippen molar-refractivity contribution in [2.45, 2.75) is 19.3 Å². The fraction of sp³-hybridized carbons (Fsp3) is 0.632. The molecule has 1 aliphatic carbocycles. The molecule has 1 aromatic rings. The summed E-state index contributed by atoms with van der Waals surface area (Å²) >= 11 is 6.09. The fourth-order valence-corrected chi connectivity index (χ4v) is 4.68. The number of nitrogens with zero attached hydrogens (tertiary/aromatic N) is 3. The molecule has 2 aliphatic rings. The summed E-state index contributed by atoms with van der Waals surface area (Å²) in [5, 5.41) is 3.93. The molecule has 1 aliphatic heterocycles. The van der Waals surface area contributed by atoms with Crippen LogP contribution >= 0.6 is 35.6 Å². The molecule has 0 radical (unpaired) electrons. The number of anilines is 1. The van der Waals surface area contributed by atoms with Gasteiger partial charge in [-0.15, -0.1) is 24.0 Å². The lowest BCUT2D eigenvalue weighted by molar-refractivity contribution is 0.316. The molecular weight excluding hydrogens is 525 g/mol. The van der Waals surface area contributed by atoms with Gasteiger partial charge in [0.2, 0.25) is 10.0 Å². The maximum Gasteiger partial charge on any atom is 0.213 e. The molecule has 1 saturated heterocycles. The Kier molecular flexibility index (Phi) is 9.77. The van der Waals surface area contributed by atoms with Crippen molar-refractivity contribution in [2.24, 2.45) is 10.9 Å². The Morgan fingerprint density at radius 3 is 2.55 bits per heavy atom. The number of guanidine groups is 1. The lowest BCUT2D eigenvalue weighted by Crippen LogP contribution is -2.53. The predicted octanol–water partition coefficient (Wildman–Crippen LogP) is 2.37. The molecular formula is C19H31ClIN5O2S. The van der Waals surface area contributed by atoms with E-state index < -0.39 is 10.0 Å². The number of halogens is 2. The van der Waals surface area contributed by atoms with Crippen molar-refractivity contribution in [3.8, 4) is 0 Å². The van der Waals surface area contributed by atoms with Crippen molar-refractivity contribution >= 4 is 57.2 Å². The zero-order chi connectivity index (χ0) is 20.0. The highest BCUT2D eigenvalue weighted by atomic mass is 127. The topological polar surface area (TPSA) is 77.0 Å². The number of nitrogens with one attached hydrogen (secondary N) is 2. The van der Waals surface area contributed by atoms with Crippen LogP contribution < -0.4 is 14.9 Å². The molecule has 0 atom stereocenters. The molecule has 0 bridgehead atoms. The van der Waals surface area contributed by atoms with Crippen molar-refractivity contribution < 1.29 is 8.42 Å². The van der Waals surface area contributed by atoms with E-state index in [1.807, 2.05) is 18.2 Å². The van der Waals surface area contributed by atoms with Crippen molar-refractivity contribution in [1.29, 1.82) is 0 Å². The lowest BCUT2D eigenvalue weighted by atomic mass is 9.86. The summed E-state index contributed by atoms with van der Waals surface area (Å²) in [6.45, 7) is 4.28. The summed E-state index contributed by atoms with van der Waals surface area (Å²) in [5.41, 5.74) is 1.12. The first-order chi connectivity index (χ1) is 13.5. The van der Waals surface area contributed by atoms with Crippen LogP contribution in [0.15, 0.2) is 29.3 Å². The summed E-state index contributed by atoms with van der Waals surface area (Å²) in [7, 11) is -1.51. The van der Waals surface area contributed by atoms with Gasteiger partial charge in [0.25, 0.3) is 0 Å². The minimum Gasteiger partial charge on any atom is -0.368 e. The molecule has 0 amide bonds. The van der Waals surface area contributed by atoms with Crippen molar-refractivity contribution in [1.82, 2.24) is 14.9 Å². The summed E-state index contributed by atoms with van der Waals surface area (Å²) in [6.07, 6.45) is 3.48. The second kappa shape index (κ2) is 11.6. The Labute approximate surface area is 196 Å². The monoisotopic (exact) mass is 555 g/mol. The van der Waals surface area contributed by atoms with E-state index in [0.29, 0.717) is 19.0 Å². The van der Waals surface area contributed by atoms with Gasteiger partial charge in [0.1, 0.15) is 0 Å². The minimum absolute atomic E-state index is 0. The second-order valence-electron chi connectivity index (χ2n) is 7.39. The van der Waals surface area contributed by atoms with Gasteiger partial charge in [-0.2, -0.15) is 0 Å². The molecule has 1 aromatic carbocycles. The minimum atomic E-state index is -3.24. The highest BCUT2D eigenvalue weighted by Gasteiger charge is 2.22. The third-order valence-electron chi connectivity index (χ3n) is 5.43. The average Bonchev–Trinajstić information content (AvgIpc) is 2.64. The summed E-state index contributed by atoms with van der Waals surface area (Å²) in [6, 6.07) is 7.88. The lowest BCUT2D eigenvalue weighted by Gasteiger charge is -2.37. The van der Waals surface area contributed by atoms with Gasteiger partial charge in [-0.1, -0.05) is 24.1 Å². The van der Waals surface area contributed by atoms with Gasteiger partial charge < -0.3 is 15.1 Å². The predicted molar refractivity (Wildman–Crippen MR) is 131 cm³/mol. The molecule has 1 saturated carbocycles. The first kappa shape index (κ1) is 24.5. The van der Waals surface area contributed by atoms with E-state index in [9.17, 15) is 8.42 Å². The van der Waals surface area contributed by atoms with E-state index in [-0.39, 0.29) is 29.7 Å². The molecule has 3 rings (SSSR count). The zero-order valence-corrected chi connectivity index (χ0v) is 20.7. The Bertz CT molecular complexity index is 781. The van der Waals surface area contributed by atoms with Crippen LogP contribution in [-0.2, 0) is 10.0 Å². The van der Waals surface area contributed by atoms with E-state index in [1.165, 1.54) is 6.42 Å². The molecule has 0 aromatic heterocycles. The van der Waals surface area contributed by atoms with Crippen LogP contribution in [0.5, 0.6) is 0 Å². The van der Waals surface area contributed by atoms with Gasteiger partial charge in [-0.05, 0) is 37.0 Å². The largest absolute Gasteiger partial charge is 0.368 e. The first-order valence-corrected chi connectivity index (χ1v) is 11.9. The van der Waals surface area contributed by atoms with Crippen LogP contribution in [0.4, 0.5) is 5.69 Å². The van der Waals surface area contributed by atoms with Crippen LogP contribution in [0.2, 0.25) is 5.02 Å². The Balaban J connectivity index is 0.00000300. The number of hydrogen-bond acceptors (Lipinski definition) is 4. The summed E-state index contributed by atoms with van der Waals surface area (Å²) in [5.74, 6) is 1.33. The number of aliphatic imine (C=N–C) groups is 1. The Morgan fingerprint density at radius 1 is 1.24 bits per heavy atom. The third-order valence-corrected chi connectivity index (χ3v) is 7.02. The second-order valence-corrected chi connectivity index (χ2v) is 9.76. The molecule has 0 unspecified atom stereocenters.